The molecule has 0 bridgehead atoms. The van der Waals surface area contributed by atoms with Gasteiger partial charge in [0.15, 0.2) is 5.96 Å². The number of hydrogen-bond donors (Lipinski definition) is 5. The van der Waals surface area contributed by atoms with Crippen LogP contribution in [0.1, 0.15) is 18.4 Å². The Morgan fingerprint density at radius 2 is 2.05 bits per heavy atom. The number of carbonyl (C=O) groups is 1. The fraction of sp³-hybridized carbons (Fsp3) is 0.385. The van der Waals surface area contributed by atoms with Gasteiger partial charge in [0.1, 0.15) is 6.04 Å². The van der Waals surface area contributed by atoms with Gasteiger partial charge in [-0.25, -0.2) is 8.42 Å². The molecular weight excluding hydrogens is 308 g/mol. The SMILES string of the molecule is Cc1ccccc1S(=O)(=O)NC(CCCNC(=N)N)C(=O)O. The number of benzene rings is 1. The van der Waals surface area contributed by atoms with Gasteiger partial charge in [0.05, 0.1) is 4.90 Å². The van der Waals surface area contributed by atoms with Crippen molar-refractivity contribution in [3.63, 3.8) is 0 Å². The molecule has 0 aliphatic rings. The Hall–Kier alpha value is -2.13. The molecule has 1 atom stereocenters. The van der Waals surface area contributed by atoms with Crippen molar-refractivity contribution in [2.24, 2.45) is 5.73 Å². The second kappa shape index (κ2) is 7.76. The molecule has 1 aromatic rings. The molecule has 8 nitrogen and oxygen atoms in total. The fourth-order valence-corrected chi connectivity index (χ4v) is 3.34. The third-order valence-electron chi connectivity index (χ3n) is 2.96. The number of aryl methyl sites for hydroxylation is 1. The van der Waals surface area contributed by atoms with Crippen molar-refractivity contribution in [1.82, 2.24) is 10.0 Å². The second-order valence-electron chi connectivity index (χ2n) is 4.76. The van der Waals surface area contributed by atoms with E-state index in [1.54, 1.807) is 25.1 Å². The summed E-state index contributed by atoms with van der Waals surface area (Å²) in [7, 11) is -3.91. The van der Waals surface area contributed by atoms with Gasteiger partial charge in [0, 0.05) is 6.54 Å². The number of nitrogens with two attached hydrogens (primary N) is 1. The van der Waals surface area contributed by atoms with Gasteiger partial charge < -0.3 is 16.2 Å². The van der Waals surface area contributed by atoms with E-state index in [9.17, 15) is 13.2 Å². The fourth-order valence-electron chi connectivity index (χ4n) is 1.87. The summed E-state index contributed by atoms with van der Waals surface area (Å²) in [6, 6.07) is 5.11. The molecule has 0 saturated carbocycles. The molecule has 0 fully saturated rings. The molecule has 22 heavy (non-hydrogen) atoms. The lowest BCUT2D eigenvalue weighted by Gasteiger charge is -2.16. The topological polar surface area (TPSA) is 145 Å². The number of aliphatic carboxylic acids is 1. The number of guanidine groups is 1. The van der Waals surface area contributed by atoms with Crippen LogP contribution >= 0.6 is 0 Å². The molecule has 0 aromatic heterocycles. The van der Waals surface area contributed by atoms with Crippen LogP contribution in [0.4, 0.5) is 0 Å². The van der Waals surface area contributed by atoms with Crippen LogP contribution in [0.25, 0.3) is 0 Å². The third kappa shape index (κ3) is 5.34. The maximum atomic E-state index is 12.3. The Morgan fingerprint density at radius 1 is 1.41 bits per heavy atom. The molecule has 0 aliphatic heterocycles. The van der Waals surface area contributed by atoms with Crippen LogP contribution in [0.2, 0.25) is 0 Å². The summed E-state index contributed by atoms with van der Waals surface area (Å²) in [5, 5.41) is 18.7. The normalized spacial score (nSPS) is 12.6. The van der Waals surface area contributed by atoms with Crippen molar-refractivity contribution in [3.05, 3.63) is 29.8 Å². The molecule has 0 amide bonds. The van der Waals surface area contributed by atoms with Crippen molar-refractivity contribution < 1.29 is 18.3 Å². The summed E-state index contributed by atoms with van der Waals surface area (Å²) >= 11 is 0. The van der Waals surface area contributed by atoms with Gasteiger partial charge in [-0.1, -0.05) is 18.2 Å². The van der Waals surface area contributed by atoms with E-state index < -0.39 is 22.0 Å². The monoisotopic (exact) mass is 328 g/mol. The highest BCUT2D eigenvalue weighted by Gasteiger charge is 2.25. The molecule has 0 radical (unpaired) electrons. The van der Waals surface area contributed by atoms with E-state index in [2.05, 4.69) is 10.0 Å². The zero-order valence-electron chi connectivity index (χ0n) is 12.2. The number of hydrogen-bond acceptors (Lipinski definition) is 4. The lowest BCUT2D eigenvalue weighted by molar-refractivity contribution is -0.139. The average Bonchev–Trinajstić information content (AvgIpc) is 2.42. The number of carboxylic acids is 1. The number of carboxylic acid groups (broad SMARTS) is 1. The van der Waals surface area contributed by atoms with Crippen molar-refractivity contribution >= 4 is 22.0 Å². The minimum absolute atomic E-state index is 0.0584. The van der Waals surface area contributed by atoms with Gasteiger partial charge in [-0.2, -0.15) is 4.72 Å². The van der Waals surface area contributed by atoms with E-state index in [1.165, 1.54) is 6.07 Å². The summed E-state index contributed by atoms with van der Waals surface area (Å²) in [5.41, 5.74) is 5.65. The number of nitrogens with one attached hydrogen (secondary N) is 3. The lowest BCUT2D eigenvalue weighted by atomic mass is 10.2. The number of sulfonamides is 1. The van der Waals surface area contributed by atoms with Gasteiger partial charge in [0.2, 0.25) is 10.0 Å². The van der Waals surface area contributed by atoms with Crippen LogP contribution in [0.5, 0.6) is 0 Å². The Balaban J connectivity index is 2.76. The predicted molar refractivity (Wildman–Crippen MR) is 82.1 cm³/mol. The Labute approximate surface area is 129 Å². The van der Waals surface area contributed by atoms with Gasteiger partial charge in [-0.15, -0.1) is 0 Å². The average molecular weight is 328 g/mol. The molecule has 122 valence electrons. The van der Waals surface area contributed by atoms with E-state index in [0.29, 0.717) is 18.5 Å². The summed E-state index contributed by atoms with van der Waals surface area (Å²) < 4.78 is 26.7. The largest absolute Gasteiger partial charge is 0.480 e. The summed E-state index contributed by atoms with van der Waals surface area (Å²) in [6.07, 6.45) is 0.438. The maximum Gasteiger partial charge on any atom is 0.321 e. The van der Waals surface area contributed by atoms with Gasteiger partial charge in [0.25, 0.3) is 0 Å². The van der Waals surface area contributed by atoms with Crippen LogP contribution in [-0.4, -0.2) is 38.0 Å². The zero-order chi connectivity index (χ0) is 16.8. The van der Waals surface area contributed by atoms with Gasteiger partial charge >= 0.3 is 5.97 Å². The van der Waals surface area contributed by atoms with Crippen LogP contribution < -0.4 is 15.8 Å². The molecule has 6 N–H and O–H groups in total. The molecular formula is C13H20N4O4S. The first-order valence-corrected chi connectivity index (χ1v) is 8.11. The van der Waals surface area contributed by atoms with E-state index in [0.717, 1.165) is 0 Å². The minimum atomic E-state index is -3.91. The highest BCUT2D eigenvalue weighted by Crippen LogP contribution is 2.15. The van der Waals surface area contributed by atoms with Crippen LogP contribution in [0.3, 0.4) is 0 Å². The van der Waals surface area contributed by atoms with Crippen molar-refractivity contribution in [3.8, 4) is 0 Å². The Kier molecular flexibility index (Phi) is 6.32. The number of rotatable bonds is 8. The van der Waals surface area contributed by atoms with E-state index in [-0.39, 0.29) is 17.3 Å². The van der Waals surface area contributed by atoms with Gasteiger partial charge in [-0.05, 0) is 31.4 Å². The zero-order valence-corrected chi connectivity index (χ0v) is 13.0. The van der Waals surface area contributed by atoms with Crippen LogP contribution in [0.15, 0.2) is 29.2 Å². The molecule has 0 aliphatic carbocycles. The Bertz CT molecular complexity index is 645. The van der Waals surface area contributed by atoms with E-state index >= 15 is 0 Å². The highest BCUT2D eigenvalue weighted by molar-refractivity contribution is 7.89. The van der Waals surface area contributed by atoms with E-state index in [1.807, 2.05) is 0 Å². The summed E-state index contributed by atoms with van der Waals surface area (Å²) in [5.74, 6) is -1.47. The first kappa shape index (κ1) is 17.9. The molecule has 1 unspecified atom stereocenters. The predicted octanol–water partition coefficient (Wildman–Crippen LogP) is -0.0102. The molecule has 0 spiro atoms. The quantitative estimate of drug-likeness (QED) is 0.258. The van der Waals surface area contributed by atoms with Crippen LogP contribution in [-0.2, 0) is 14.8 Å². The van der Waals surface area contributed by atoms with Crippen molar-refractivity contribution in [2.75, 3.05) is 6.54 Å². The molecule has 1 rings (SSSR count). The van der Waals surface area contributed by atoms with Crippen molar-refractivity contribution in [1.29, 1.82) is 5.41 Å². The molecule has 0 heterocycles. The van der Waals surface area contributed by atoms with Crippen molar-refractivity contribution in [2.45, 2.75) is 30.7 Å². The highest BCUT2D eigenvalue weighted by atomic mass is 32.2. The van der Waals surface area contributed by atoms with Gasteiger partial charge in [-0.3, -0.25) is 10.2 Å². The Morgan fingerprint density at radius 3 is 2.59 bits per heavy atom. The minimum Gasteiger partial charge on any atom is -0.480 e. The maximum absolute atomic E-state index is 12.3. The molecule has 9 heteroatoms. The molecule has 0 saturated heterocycles. The molecule has 1 aromatic carbocycles. The summed E-state index contributed by atoms with van der Waals surface area (Å²) in [6.45, 7) is 1.94. The lowest BCUT2D eigenvalue weighted by Crippen LogP contribution is -2.41. The summed E-state index contributed by atoms with van der Waals surface area (Å²) in [4.78, 5) is 11.3. The van der Waals surface area contributed by atoms with Crippen LogP contribution in [0, 0.1) is 12.3 Å². The standard InChI is InChI=1S/C13H20N4O4S/c1-9-5-2-3-7-11(9)22(20,21)17-10(12(18)19)6-4-8-16-13(14)15/h2-3,5,7,10,17H,4,6,8H2,1H3,(H,18,19)(H4,14,15,16). The third-order valence-corrected chi connectivity index (χ3v) is 4.60. The first-order valence-electron chi connectivity index (χ1n) is 6.62. The smallest absolute Gasteiger partial charge is 0.321 e. The van der Waals surface area contributed by atoms with E-state index in [4.69, 9.17) is 16.2 Å². The second-order valence-corrected chi connectivity index (χ2v) is 6.44. The first-order chi connectivity index (χ1) is 10.2.